The Morgan fingerprint density at radius 3 is 2.75 bits per heavy atom. The molecule has 0 bridgehead atoms. The first-order chi connectivity index (χ1) is 7.81. The minimum Gasteiger partial charge on any atom is -0.314 e. The van der Waals surface area contributed by atoms with Crippen molar-refractivity contribution in [3.63, 3.8) is 0 Å². The number of fused-ring (bicyclic) bond motifs is 1. The van der Waals surface area contributed by atoms with Gasteiger partial charge in [-0.1, -0.05) is 28.4 Å². The summed E-state index contributed by atoms with van der Waals surface area (Å²) < 4.78 is 1.22. The van der Waals surface area contributed by atoms with E-state index in [2.05, 4.69) is 39.4 Å². The van der Waals surface area contributed by atoms with Crippen LogP contribution >= 0.6 is 15.9 Å². The Labute approximate surface area is 106 Å². The average molecular weight is 280 g/mol. The summed E-state index contributed by atoms with van der Waals surface area (Å²) in [6, 6.07) is 7.57. The minimum atomic E-state index is 0.824. The maximum atomic E-state index is 3.70. The standard InChI is InChI=1S/C14H18BrN/c15-13-5-4-11-6-10(7-12(11)8-13)9-16-14-2-1-3-14/h4-5,8,10,14,16H,1-3,6-7,9H2. The molecule has 1 fully saturated rings. The van der Waals surface area contributed by atoms with E-state index in [0.29, 0.717) is 0 Å². The van der Waals surface area contributed by atoms with Gasteiger partial charge in [-0.15, -0.1) is 0 Å². The van der Waals surface area contributed by atoms with Gasteiger partial charge in [0.05, 0.1) is 0 Å². The van der Waals surface area contributed by atoms with Crippen molar-refractivity contribution >= 4 is 15.9 Å². The number of rotatable bonds is 3. The number of nitrogens with one attached hydrogen (secondary N) is 1. The highest BCUT2D eigenvalue weighted by molar-refractivity contribution is 9.10. The summed E-state index contributed by atoms with van der Waals surface area (Å²) in [6.45, 7) is 1.21. The van der Waals surface area contributed by atoms with E-state index < -0.39 is 0 Å². The third-order valence-corrected chi connectivity index (χ3v) is 4.48. The van der Waals surface area contributed by atoms with Crippen LogP contribution in [0.4, 0.5) is 0 Å². The zero-order valence-corrected chi connectivity index (χ0v) is 11.1. The fourth-order valence-electron chi connectivity index (χ4n) is 2.77. The Balaban J connectivity index is 1.57. The predicted octanol–water partition coefficient (Wildman–Crippen LogP) is 3.31. The number of benzene rings is 1. The van der Waals surface area contributed by atoms with Gasteiger partial charge in [-0.25, -0.2) is 0 Å². The van der Waals surface area contributed by atoms with Crippen LogP contribution < -0.4 is 5.32 Å². The highest BCUT2D eigenvalue weighted by atomic mass is 79.9. The van der Waals surface area contributed by atoms with E-state index in [4.69, 9.17) is 0 Å². The number of hydrogen-bond acceptors (Lipinski definition) is 1. The topological polar surface area (TPSA) is 12.0 Å². The molecule has 0 heterocycles. The molecule has 1 aromatic carbocycles. The molecule has 1 unspecified atom stereocenters. The molecule has 0 aliphatic heterocycles. The van der Waals surface area contributed by atoms with Crippen LogP contribution in [0.2, 0.25) is 0 Å². The van der Waals surface area contributed by atoms with Gasteiger partial charge in [0.1, 0.15) is 0 Å². The number of halogens is 1. The molecule has 1 atom stereocenters. The fourth-order valence-corrected chi connectivity index (χ4v) is 3.18. The molecule has 2 aliphatic carbocycles. The lowest BCUT2D eigenvalue weighted by atomic mass is 9.92. The maximum absolute atomic E-state index is 3.70. The van der Waals surface area contributed by atoms with E-state index in [1.165, 1.54) is 43.1 Å². The van der Waals surface area contributed by atoms with Gasteiger partial charge in [-0.2, -0.15) is 0 Å². The first-order valence-corrected chi connectivity index (χ1v) is 7.11. The highest BCUT2D eigenvalue weighted by Gasteiger charge is 2.23. The maximum Gasteiger partial charge on any atom is 0.0178 e. The van der Waals surface area contributed by atoms with Crippen molar-refractivity contribution in [1.29, 1.82) is 0 Å². The van der Waals surface area contributed by atoms with E-state index >= 15 is 0 Å². The summed E-state index contributed by atoms with van der Waals surface area (Å²) in [7, 11) is 0. The summed E-state index contributed by atoms with van der Waals surface area (Å²) in [5.74, 6) is 0.824. The molecule has 1 nitrogen and oxygen atoms in total. The smallest absolute Gasteiger partial charge is 0.0178 e. The lowest BCUT2D eigenvalue weighted by molar-refractivity contribution is 0.318. The van der Waals surface area contributed by atoms with E-state index in [-0.39, 0.29) is 0 Å². The molecule has 16 heavy (non-hydrogen) atoms. The van der Waals surface area contributed by atoms with Crippen LogP contribution in [0, 0.1) is 5.92 Å². The Hall–Kier alpha value is -0.340. The molecule has 1 N–H and O–H groups in total. The van der Waals surface area contributed by atoms with Gasteiger partial charge in [0.15, 0.2) is 0 Å². The molecule has 0 radical (unpaired) electrons. The Morgan fingerprint density at radius 2 is 2.00 bits per heavy atom. The second kappa shape index (κ2) is 4.50. The Kier molecular flexibility index (Phi) is 3.03. The monoisotopic (exact) mass is 279 g/mol. The molecule has 0 spiro atoms. The largest absolute Gasteiger partial charge is 0.314 e. The van der Waals surface area contributed by atoms with Crippen molar-refractivity contribution < 1.29 is 0 Å². The van der Waals surface area contributed by atoms with Gasteiger partial charge < -0.3 is 5.32 Å². The molecular formula is C14H18BrN. The Bertz CT molecular complexity index is 384. The van der Waals surface area contributed by atoms with E-state index in [1.54, 1.807) is 11.1 Å². The minimum absolute atomic E-state index is 0.824. The fraction of sp³-hybridized carbons (Fsp3) is 0.571. The van der Waals surface area contributed by atoms with Crippen LogP contribution in [-0.2, 0) is 12.8 Å². The second-order valence-corrected chi connectivity index (χ2v) is 6.14. The molecule has 0 amide bonds. The van der Waals surface area contributed by atoms with E-state index in [0.717, 1.165) is 12.0 Å². The van der Waals surface area contributed by atoms with Gasteiger partial charge in [0.25, 0.3) is 0 Å². The summed E-state index contributed by atoms with van der Waals surface area (Å²) in [5.41, 5.74) is 3.11. The van der Waals surface area contributed by atoms with Gasteiger partial charge in [-0.3, -0.25) is 0 Å². The third kappa shape index (κ3) is 2.18. The van der Waals surface area contributed by atoms with Crippen LogP contribution in [0.25, 0.3) is 0 Å². The van der Waals surface area contributed by atoms with Crippen molar-refractivity contribution in [2.24, 2.45) is 5.92 Å². The first kappa shape index (κ1) is 10.8. The highest BCUT2D eigenvalue weighted by Crippen LogP contribution is 2.29. The van der Waals surface area contributed by atoms with Gasteiger partial charge in [0, 0.05) is 10.5 Å². The molecule has 2 aliphatic rings. The zero-order valence-electron chi connectivity index (χ0n) is 9.51. The number of hydrogen-bond donors (Lipinski definition) is 1. The van der Waals surface area contributed by atoms with Crippen LogP contribution in [0.5, 0.6) is 0 Å². The molecule has 3 rings (SSSR count). The van der Waals surface area contributed by atoms with Crippen molar-refractivity contribution in [1.82, 2.24) is 5.32 Å². The lowest BCUT2D eigenvalue weighted by Gasteiger charge is -2.27. The average Bonchev–Trinajstić information content (AvgIpc) is 2.57. The van der Waals surface area contributed by atoms with Crippen LogP contribution in [0.15, 0.2) is 22.7 Å². The van der Waals surface area contributed by atoms with Gasteiger partial charge in [-0.05, 0) is 61.4 Å². The van der Waals surface area contributed by atoms with Gasteiger partial charge >= 0.3 is 0 Å². The Morgan fingerprint density at radius 1 is 1.19 bits per heavy atom. The van der Waals surface area contributed by atoms with E-state index in [1.807, 2.05) is 0 Å². The van der Waals surface area contributed by atoms with E-state index in [9.17, 15) is 0 Å². The summed E-state index contributed by atoms with van der Waals surface area (Å²) in [4.78, 5) is 0. The van der Waals surface area contributed by atoms with Crippen molar-refractivity contribution in [2.45, 2.75) is 38.1 Å². The van der Waals surface area contributed by atoms with Gasteiger partial charge in [0.2, 0.25) is 0 Å². The third-order valence-electron chi connectivity index (χ3n) is 3.99. The SMILES string of the molecule is Brc1ccc2c(c1)CC(CNC1CCC1)C2. The predicted molar refractivity (Wildman–Crippen MR) is 70.7 cm³/mol. The quantitative estimate of drug-likeness (QED) is 0.895. The van der Waals surface area contributed by atoms with Crippen molar-refractivity contribution in [3.8, 4) is 0 Å². The molecule has 1 aromatic rings. The molecule has 1 saturated carbocycles. The second-order valence-electron chi connectivity index (χ2n) is 5.22. The summed E-state index contributed by atoms with van der Waals surface area (Å²) in [6.07, 6.45) is 6.74. The van der Waals surface area contributed by atoms with Crippen molar-refractivity contribution in [2.75, 3.05) is 6.54 Å². The van der Waals surface area contributed by atoms with Crippen LogP contribution in [0.3, 0.4) is 0 Å². The molecule has 0 saturated heterocycles. The zero-order chi connectivity index (χ0) is 11.0. The molecule has 86 valence electrons. The normalized spacial score (nSPS) is 24.2. The van der Waals surface area contributed by atoms with Crippen LogP contribution in [0.1, 0.15) is 30.4 Å². The molecule has 2 heteroatoms. The first-order valence-electron chi connectivity index (χ1n) is 6.32. The summed E-state index contributed by atoms with van der Waals surface area (Å²) >= 11 is 3.55. The van der Waals surface area contributed by atoms with Crippen molar-refractivity contribution in [3.05, 3.63) is 33.8 Å². The molecular weight excluding hydrogens is 262 g/mol. The lowest BCUT2D eigenvalue weighted by Crippen LogP contribution is -2.38. The molecule has 0 aromatic heterocycles. The van der Waals surface area contributed by atoms with Crippen LogP contribution in [-0.4, -0.2) is 12.6 Å². The summed E-state index contributed by atoms with van der Waals surface area (Å²) in [5, 5.41) is 3.70.